The lowest BCUT2D eigenvalue weighted by Gasteiger charge is -2.24. The maximum absolute atomic E-state index is 12.4. The molecule has 0 aliphatic carbocycles. The highest BCUT2D eigenvalue weighted by atomic mass is 16.5. The van der Waals surface area contributed by atoms with Crippen LogP contribution in [0.25, 0.3) is 0 Å². The number of amides is 1. The molecule has 2 heterocycles. The molecule has 2 N–H and O–H groups in total. The van der Waals surface area contributed by atoms with Gasteiger partial charge < -0.3 is 10.1 Å². The van der Waals surface area contributed by atoms with Gasteiger partial charge in [0.15, 0.2) is 5.78 Å². The van der Waals surface area contributed by atoms with Crippen molar-refractivity contribution in [1.29, 1.82) is 0 Å². The van der Waals surface area contributed by atoms with Crippen molar-refractivity contribution in [3.63, 3.8) is 0 Å². The van der Waals surface area contributed by atoms with Crippen LogP contribution < -0.4 is 10.1 Å². The van der Waals surface area contributed by atoms with Gasteiger partial charge in [0.25, 0.3) is 5.91 Å². The molecular formula is C15H15N3O3. The Morgan fingerprint density at radius 3 is 2.86 bits per heavy atom. The molecule has 2 aromatic rings. The predicted octanol–water partition coefficient (Wildman–Crippen LogP) is 1.40. The van der Waals surface area contributed by atoms with Crippen LogP contribution in [-0.2, 0) is 0 Å². The van der Waals surface area contributed by atoms with Gasteiger partial charge in [-0.05, 0) is 26.0 Å². The summed E-state index contributed by atoms with van der Waals surface area (Å²) in [6.07, 6.45) is 0. The first-order valence-electron chi connectivity index (χ1n) is 6.66. The van der Waals surface area contributed by atoms with E-state index in [4.69, 9.17) is 4.74 Å². The zero-order valence-electron chi connectivity index (χ0n) is 11.8. The Kier molecular flexibility index (Phi) is 3.21. The summed E-state index contributed by atoms with van der Waals surface area (Å²) in [5, 5.41) is 9.46. The average Bonchev–Trinajstić information content (AvgIpc) is 2.81. The van der Waals surface area contributed by atoms with E-state index in [1.165, 1.54) is 0 Å². The molecule has 1 aromatic heterocycles. The zero-order valence-corrected chi connectivity index (χ0v) is 11.8. The Labute approximate surface area is 121 Å². The van der Waals surface area contributed by atoms with Crippen LogP contribution in [0.3, 0.4) is 0 Å². The third-order valence-corrected chi connectivity index (χ3v) is 3.54. The van der Waals surface area contributed by atoms with Crippen molar-refractivity contribution in [3.8, 4) is 5.75 Å². The molecule has 1 unspecified atom stereocenters. The number of hydrogen-bond acceptors (Lipinski definition) is 4. The van der Waals surface area contributed by atoms with Crippen molar-refractivity contribution >= 4 is 11.7 Å². The van der Waals surface area contributed by atoms with Crippen LogP contribution in [0.4, 0.5) is 0 Å². The molecule has 0 saturated carbocycles. The summed E-state index contributed by atoms with van der Waals surface area (Å²) in [4.78, 5) is 24.7. The van der Waals surface area contributed by atoms with Gasteiger partial charge in [-0.1, -0.05) is 12.1 Å². The highest BCUT2D eigenvalue weighted by Crippen LogP contribution is 2.24. The maximum Gasteiger partial charge on any atom is 0.255 e. The number of hydrogen-bond donors (Lipinski definition) is 2. The minimum atomic E-state index is -0.680. The fourth-order valence-corrected chi connectivity index (χ4v) is 2.46. The number of aromatic amines is 1. The fourth-order valence-electron chi connectivity index (χ4n) is 2.46. The van der Waals surface area contributed by atoms with Gasteiger partial charge in [-0.25, -0.2) is 0 Å². The minimum absolute atomic E-state index is 0.135. The highest BCUT2D eigenvalue weighted by molar-refractivity contribution is 6.07. The van der Waals surface area contributed by atoms with Gasteiger partial charge in [0.2, 0.25) is 0 Å². The molecule has 0 bridgehead atoms. The van der Waals surface area contributed by atoms with Crippen LogP contribution in [-0.4, -0.2) is 34.5 Å². The highest BCUT2D eigenvalue weighted by Gasteiger charge is 2.30. The van der Waals surface area contributed by atoms with Gasteiger partial charge >= 0.3 is 0 Å². The molecule has 6 nitrogen and oxygen atoms in total. The summed E-state index contributed by atoms with van der Waals surface area (Å²) in [7, 11) is 0. The third-order valence-electron chi connectivity index (χ3n) is 3.54. The maximum atomic E-state index is 12.4. The van der Waals surface area contributed by atoms with Gasteiger partial charge in [-0.2, -0.15) is 5.10 Å². The summed E-state index contributed by atoms with van der Waals surface area (Å²) in [6, 6.07) is 6.35. The number of carbonyl (C=O) groups excluding carboxylic acids is 2. The number of nitrogens with zero attached hydrogens (tertiary/aromatic N) is 1. The molecule has 1 aliphatic heterocycles. The smallest absolute Gasteiger partial charge is 0.255 e. The molecule has 1 aromatic carbocycles. The van der Waals surface area contributed by atoms with Crippen LogP contribution >= 0.6 is 0 Å². The zero-order chi connectivity index (χ0) is 15.0. The molecule has 1 amide bonds. The van der Waals surface area contributed by atoms with Crippen molar-refractivity contribution in [1.82, 2.24) is 15.5 Å². The second kappa shape index (κ2) is 5.05. The van der Waals surface area contributed by atoms with E-state index < -0.39 is 6.04 Å². The van der Waals surface area contributed by atoms with Crippen LogP contribution in [0.15, 0.2) is 24.3 Å². The van der Waals surface area contributed by atoms with E-state index in [1.54, 1.807) is 32.0 Å². The molecule has 21 heavy (non-hydrogen) atoms. The van der Waals surface area contributed by atoms with Crippen LogP contribution in [0.2, 0.25) is 0 Å². The van der Waals surface area contributed by atoms with Gasteiger partial charge in [0.05, 0.1) is 16.8 Å². The van der Waals surface area contributed by atoms with Crippen LogP contribution in [0.1, 0.15) is 32.1 Å². The monoisotopic (exact) mass is 285 g/mol. The van der Waals surface area contributed by atoms with E-state index in [-0.39, 0.29) is 18.3 Å². The van der Waals surface area contributed by atoms with Crippen molar-refractivity contribution in [3.05, 3.63) is 46.8 Å². The number of para-hydroxylation sites is 1. The largest absolute Gasteiger partial charge is 0.490 e. The summed E-state index contributed by atoms with van der Waals surface area (Å²) in [6.45, 7) is 3.65. The lowest BCUT2D eigenvalue weighted by Crippen LogP contribution is -2.47. The fraction of sp³-hybridized carbons (Fsp3) is 0.267. The molecular weight excluding hydrogens is 270 g/mol. The van der Waals surface area contributed by atoms with E-state index in [2.05, 4.69) is 15.5 Å². The number of rotatable bonds is 2. The Morgan fingerprint density at radius 1 is 1.38 bits per heavy atom. The van der Waals surface area contributed by atoms with Gasteiger partial charge in [0.1, 0.15) is 18.4 Å². The number of fused-ring (bicyclic) bond motifs is 1. The van der Waals surface area contributed by atoms with Crippen molar-refractivity contribution in [2.24, 2.45) is 0 Å². The molecule has 108 valence electrons. The summed E-state index contributed by atoms with van der Waals surface area (Å²) >= 11 is 0. The van der Waals surface area contributed by atoms with E-state index in [1.807, 2.05) is 6.07 Å². The molecule has 0 radical (unpaired) electrons. The summed E-state index contributed by atoms with van der Waals surface area (Å²) in [5.74, 6) is 0.104. The summed E-state index contributed by atoms with van der Waals surface area (Å²) in [5.41, 5.74) is 2.25. The number of ether oxygens (including phenoxy) is 1. The Bertz CT molecular complexity index is 701. The quantitative estimate of drug-likeness (QED) is 0.873. The molecule has 6 heteroatoms. The lowest BCUT2D eigenvalue weighted by molar-refractivity contribution is 0.0794. The van der Waals surface area contributed by atoms with Crippen LogP contribution in [0.5, 0.6) is 5.75 Å². The van der Waals surface area contributed by atoms with E-state index in [0.717, 1.165) is 0 Å². The number of benzene rings is 1. The normalized spacial score (nSPS) is 17.0. The SMILES string of the molecule is Cc1n[nH]c(C)c1C(=O)NC1COc2ccccc2C1=O. The number of ketones is 1. The Balaban J connectivity index is 1.81. The van der Waals surface area contributed by atoms with E-state index >= 15 is 0 Å². The van der Waals surface area contributed by atoms with E-state index in [0.29, 0.717) is 28.3 Å². The summed E-state index contributed by atoms with van der Waals surface area (Å²) < 4.78 is 5.53. The van der Waals surface area contributed by atoms with Crippen molar-refractivity contribution in [2.75, 3.05) is 6.61 Å². The Hall–Kier alpha value is -2.63. The van der Waals surface area contributed by atoms with Crippen molar-refractivity contribution < 1.29 is 14.3 Å². The standard InChI is InChI=1S/C15H15N3O3/c1-8-13(9(2)18-17-8)15(20)16-11-7-21-12-6-4-3-5-10(12)14(11)19/h3-6,11H,7H2,1-2H3,(H,16,20)(H,17,18). The van der Waals surface area contributed by atoms with Gasteiger partial charge in [-0.15, -0.1) is 0 Å². The van der Waals surface area contributed by atoms with Crippen molar-refractivity contribution in [2.45, 2.75) is 19.9 Å². The van der Waals surface area contributed by atoms with Crippen LogP contribution in [0, 0.1) is 13.8 Å². The van der Waals surface area contributed by atoms with Gasteiger partial charge in [0, 0.05) is 5.69 Å². The van der Waals surface area contributed by atoms with Gasteiger partial charge in [-0.3, -0.25) is 14.7 Å². The molecule has 3 rings (SSSR count). The average molecular weight is 285 g/mol. The molecule has 0 fully saturated rings. The molecule has 1 aliphatic rings. The number of nitrogens with one attached hydrogen (secondary N) is 2. The second-order valence-electron chi connectivity index (χ2n) is 5.01. The topological polar surface area (TPSA) is 84.1 Å². The number of H-pyrrole nitrogens is 1. The number of aromatic nitrogens is 2. The Morgan fingerprint density at radius 2 is 2.14 bits per heavy atom. The lowest BCUT2D eigenvalue weighted by atomic mass is 10.0. The molecule has 1 atom stereocenters. The van der Waals surface area contributed by atoms with E-state index in [9.17, 15) is 9.59 Å². The first-order chi connectivity index (χ1) is 10.1. The predicted molar refractivity (Wildman–Crippen MR) is 75.6 cm³/mol. The molecule has 0 saturated heterocycles. The number of aryl methyl sites for hydroxylation is 2. The third kappa shape index (κ3) is 2.29. The number of carbonyl (C=O) groups is 2. The first kappa shape index (κ1) is 13.4. The number of Topliss-reactive ketones (excluding diaryl/α,β-unsaturated/α-hetero) is 1. The second-order valence-corrected chi connectivity index (χ2v) is 5.01. The minimum Gasteiger partial charge on any atom is -0.490 e. The first-order valence-corrected chi connectivity index (χ1v) is 6.66. The molecule has 0 spiro atoms.